The van der Waals surface area contributed by atoms with Crippen molar-refractivity contribution in [2.75, 3.05) is 7.05 Å². The SMILES string of the molecule is CNC(=O)N1C(=O)C2C=CC1C2. The summed E-state index contributed by atoms with van der Waals surface area (Å²) in [5.41, 5.74) is 0. The molecule has 3 amide bonds. The van der Waals surface area contributed by atoms with Crippen molar-refractivity contribution in [2.45, 2.75) is 12.5 Å². The number of hydrogen-bond donors (Lipinski definition) is 1. The van der Waals surface area contributed by atoms with Crippen molar-refractivity contribution in [1.29, 1.82) is 0 Å². The molecule has 2 atom stereocenters. The molecule has 0 aromatic heterocycles. The number of likely N-dealkylation sites (tertiary alicyclic amines) is 1. The van der Waals surface area contributed by atoms with Gasteiger partial charge in [0, 0.05) is 7.05 Å². The van der Waals surface area contributed by atoms with E-state index in [4.69, 9.17) is 0 Å². The lowest BCUT2D eigenvalue weighted by atomic mass is 10.1. The summed E-state index contributed by atoms with van der Waals surface area (Å²) in [6.45, 7) is 0. The van der Waals surface area contributed by atoms with Crippen molar-refractivity contribution in [3.63, 3.8) is 0 Å². The molecule has 0 radical (unpaired) electrons. The van der Waals surface area contributed by atoms with Gasteiger partial charge in [-0.05, 0) is 6.42 Å². The highest BCUT2D eigenvalue weighted by Gasteiger charge is 2.43. The topological polar surface area (TPSA) is 49.4 Å². The number of carbonyl (C=O) groups excluding carboxylic acids is 2. The van der Waals surface area contributed by atoms with Gasteiger partial charge in [0.2, 0.25) is 5.91 Å². The Balaban J connectivity index is 2.23. The molecule has 1 aliphatic heterocycles. The van der Waals surface area contributed by atoms with Crippen molar-refractivity contribution < 1.29 is 9.59 Å². The molecule has 1 heterocycles. The summed E-state index contributed by atoms with van der Waals surface area (Å²) >= 11 is 0. The summed E-state index contributed by atoms with van der Waals surface area (Å²) in [5, 5.41) is 2.45. The maximum atomic E-state index is 11.4. The van der Waals surface area contributed by atoms with Crippen LogP contribution in [0.15, 0.2) is 12.2 Å². The molecule has 2 aliphatic rings. The summed E-state index contributed by atoms with van der Waals surface area (Å²) < 4.78 is 0. The van der Waals surface area contributed by atoms with Gasteiger partial charge >= 0.3 is 6.03 Å². The van der Waals surface area contributed by atoms with Crippen LogP contribution in [0.5, 0.6) is 0 Å². The first-order valence-electron chi connectivity index (χ1n) is 3.97. The van der Waals surface area contributed by atoms with Crippen LogP contribution in [0.3, 0.4) is 0 Å². The molecule has 2 unspecified atom stereocenters. The van der Waals surface area contributed by atoms with Gasteiger partial charge in [-0.1, -0.05) is 12.2 Å². The van der Waals surface area contributed by atoms with E-state index in [9.17, 15) is 9.59 Å². The Kier molecular flexibility index (Phi) is 1.43. The summed E-state index contributed by atoms with van der Waals surface area (Å²) in [5.74, 6) is -0.117. The van der Waals surface area contributed by atoms with Crippen LogP contribution in [-0.2, 0) is 4.79 Å². The third-order valence-corrected chi connectivity index (χ3v) is 2.38. The van der Waals surface area contributed by atoms with Crippen molar-refractivity contribution >= 4 is 11.9 Å². The second kappa shape index (κ2) is 2.33. The second-order valence-corrected chi connectivity index (χ2v) is 3.06. The molecule has 4 nitrogen and oxygen atoms in total. The van der Waals surface area contributed by atoms with Crippen LogP contribution in [0, 0.1) is 5.92 Å². The molecule has 0 aromatic rings. The lowest BCUT2D eigenvalue weighted by molar-refractivity contribution is -0.128. The van der Waals surface area contributed by atoms with Crippen LogP contribution >= 0.6 is 0 Å². The van der Waals surface area contributed by atoms with Crippen molar-refractivity contribution in [2.24, 2.45) is 5.92 Å². The largest absolute Gasteiger partial charge is 0.341 e. The van der Waals surface area contributed by atoms with E-state index in [1.54, 1.807) is 0 Å². The van der Waals surface area contributed by atoms with Gasteiger partial charge in [0.1, 0.15) is 0 Å². The van der Waals surface area contributed by atoms with E-state index in [1.807, 2.05) is 12.2 Å². The number of imide groups is 1. The first kappa shape index (κ1) is 7.34. The van der Waals surface area contributed by atoms with Crippen LogP contribution < -0.4 is 5.32 Å². The zero-order valence-electron chi connectivity index (χ0n) is 6.78. The molecular weight excluding hydrogens is 156 g/mol. The quantitative estimate of drug-likeness (QED) is 0.519. The molecule has 2 rings (SSSR count). The fourth-order valence-corrected chi connectivity index (χ4v) is 1.77. The van der Waals surface area contributed by atoms with Crippen molar-refractivity contribution in [1.82, 2.24) is 10.2 Å². The molecular formula is C8H10N2O2. The molecule has 64 valence electrons. The second-order valence-electron chi connectivity index (χ2n) is 3.06. The molecule has 1 saturated heterocycles. The maximum absolute atomic E-state index is 11.4. The summed E-state index contributed by atoms with van der Waals surface area (Å²) in [7, 11) is 1.53. The molecule has 1 fully saturated rings. The monoisotopic (exact) mass is 166 g/mol. The molecule has 12 heavy (non-hydrogen) atoms. The molecule has 0 spiro atoms. The number of fused-ring (bicyclic) bond motifs is 2. The lowest BCUT2D eigenvalue weighted by Crippen LogP contribution is -2.44. The van der Waals surface area contributed by atoms with Crippen LogP contribution in [0.2, 0.25) is 0 Å². The van der Waals surface area contributed by atoms with Crippen LogP contribution in [0.4, 0.5) is 4.79 Å². The average molecular weight is 166 g/mol. The number of carbonyl (C=O) groups is 2. The van der Waals surface area contributed by atoms with Crippen LogP contribution in [-0.4, -0.2) is 29.9 Å². The lowest BCUT2D eigenvalue weighted by Gasteiger charge is -2.20. The van der Waals surface area contributed by atoms with Gasteiger partial charge in [-0.15, -0.1) is 0 Å². The minimum absolute atomic E-state index is 0.00227. The Morgan fingerprint density at radius 2 is 2.42 bits per heavy atom. The average Bonchev–Trinajstić information content (AvgIpc) is 2.63. The minimum Gasteiger partial charge on any atom is -0.341 e. The number of amides is 3. The van der Waals surface area contributed by atoms with Gasteiger partial charge in [0.05, 0.1) is 12.0 Å². The fraction of sp³-hybridized carbons (Fsp3) is 0.500. The smallest absolute Gasteiger partial charge is 0.324 e. The highest BCUT2D eigenvalue weighted by atomic mass is 16.2. The predicted molar refractivity (Wildman–Crippen MR) is 42.3 cm³/mol. The Morgan fingerprint density at radius 3 is 2.92 bits per heavy atom. The predicted octanol–water partition coefficient (Wildman–Crippen LogP) is 0.113. The van der Waals surface area contributed by atoms with E-state index >= 15 is 0 Å². The van der Waals surface area contributed by atoms with Gasteiger partial charge in [0.15, 0.2) is 0 Å². The number of rotatable bonds is 0. The molecule has 2 bridgehead atoms. The summed E-state index contributed by atoms with van der Waals surface area (Å²) in [6.07, 6.45) is 4.57. The zero-order chi connectivity index (χ0) is 8.72. The van der Waals surface area contributed by atoms with Crippen molar-refractivity contribution in [3.05, 3.63) is 12.2 Å². The number of nitrogens with one attached hydrogen (secondary N) is 1. The van der Waals surface area contributed by atoms with Crippen LogP contribution in [0.1, 0.15) is 6.42 Å². The van der Waals surface area contributed by atoms with E-state index in [2.05, 4.69) is 5.32 Å². The van der Waals surface area contributed by atoms with Gasteiger partial charge in [-0.25, -0.2) is 4.79 Å². The number of nitrogens with zero attached hydrogens (tertiary/aromatic N) is 1. The normalized spacial score (nSPS) is 31.4. The third-order valence-electron chi connectivity index (χ3n) is 2.38. The maximum Gasteiger partial charge on any atom is 0.324 e. The van der Waals surface area contributed by atoms with Gasteiger partial charge < -0.3 is 5.32 Å². The Labute approximate surface area is 70.2 Å². The first-order chi connectivity index (χ1) is 5.74. The van der Waals surface area contributed by atoms with E-state index in [0.717, 1.165) is 6.42 Å². The first-order valence-corrected chi connectivity index (χ1v) is 3.97. The Bertz CT molecular complexity index is 272. The van der Waals surface area contributed by atoms with E-state index in [-0.39, 0.29) is 23.9 Å². The van der Waals surface area contributed by atoms with Crippen molar-refractivity contribution in [3.8, 4) is 0 Å². The van der Waals surface area contributed by atoms with E-state index < -0.39 is 0 Å². The van der Waals surface area contributed by atoms with Gasteiger partial charge in [-0.2, -0.15) is 0 Å². The zero-order valence-corrected chi connectivity index (χ0v) is 6.78. The van der Waals surface area contributed by atoms with Gasteiger partial charge in [0.25, 0.3) is 0 Å². The molecule has 4 heteroatoms. The molecule has 1 aliphatic carbocycles. The molecule has 0 aromatic carbocycles. The molecule has 0 saturated carbocycles. The highest BCUT2D eigenvalue weighted by Crippen LogP contribution is 2.32. The minimum atomic E-state index is -0.295. The summed E-state index contributed by atoms with van der Waals surface area (Å²) in [4.78, 5) is 23.9. The number of urea groups is 1. The van der Waals surface area contributed by atoms with E-state index in [1.165, 1.54) is 11.9 Å². The Morgan fingerprint density at radius 1 is 1.67 bits per heavy atom. The number of hydrogen-bond acceptors (Lipinski definition) is 2. The van der Waals surface area contributed by atoms with Gasteiger partial charge in [-0.3, -0.25) is 9.69 Å². The molecule has 1 N–H and O–H groups in total. The fourth-order valence-electron chi connectivity index (χ4n) is 1.77. The Hall–Kier alpha value is -1.32. The highest BCUT2D eigenvalue weighted by molar-refractivity contribution is 5.99. The van der Waals surface area contributed by atoms with E-state index in [0.29, 0.717) is 0 Å². The van der Waals surface area contributed by atoms with Crippen LogP contribution in [0.25, 0.3) is 0 Å². The standard InChI is InChI=1S/C8H10N2O2/c1-9-8(12)10-6-3-2-5(4-6)7(10)11/h2-3,5-6H,4H2,1H3,(H,9,12). The summed E-state index contributed by atoms with van der Waals surface area (Å²) in [6, 6.07) is -0.292. The third kappa shape index (κ3) is 0.776.